The minimum absolute atomic E-state index is 0.0965. The molecule has 0 spiro atoms. The van der Waals surface area contributed by atoms with Crippen LogP contribution in [0, 0.1) is 0 Å². The molecule has 8 nitrogen and oxygen atoms in total. The van der Waals surface area contributed by atoms with Gasteiger partial charge in [0.15, 0.2) is 5.03 Å². The van der Waals surface area contributed by atoms with E-state index in [9.17, 15) is 22.0 Å². The molecule has 11 heteroatoms. The molecule has 166 valence electrons. The minimum atomic E-state index is -4.03. The molecule has 0 aromatic carbocycles. The fraction of sp³-hybridized carbons (Fsp3) is 0.450. The molecule has 1 amide bonds. The van der Waals surface area contributed by atoms with Crippen molar-refractivity contribution in [3.63, 3.8) is 0 Å². The number of carbonyl (C=O) groups is 1. The molecule has 2 fully saturated rings. The molecule has 1 aliphatic carbocycles. The topological polar surface area (TPSA) is 118 Å². The van der Waals surface area contributed by atoms with Crippen LogP contribution in [0.5, 0.6) is 0 Å². The standard InChI is InChI=1S/C20H23F2N5O3S/c21-20(22)7-1-10-27(11-8-20)18-15(4-5-16(26-18)13-2-3-13)19(28)25-14-6-9-24-17(12-14)31(23,29)30/h4-6,9,12-13H,1-3,7-8,10-11H2,(H2,23,29,30)(H,24,25,28). The number of halogens is 2. The number of amides is 1. The zero-order valence-electron chi connectivity index (χ0n) is 16.7. The van der Waals surface area contributed by atoms with E-state index in [1.807, 2.05) is 0 Å². The summed E-state index contributed by atoms with van der Waals surface area (Å²) < 4.78 is 50.8. The Labute approximate surface area is 178 Å². The van der Waals surface area contributed by atoms with E-state index in [1.165, 1.54) is 12.3 Å². The first-order valence-electron chi connectivity index (χ1n) is 10.1. The lowest BCUT2D eigenvalue weighted by atomic mass is 10.1. The predicted molar refractivity (Wildman–Crippen MR) is 111 cm³/mol. The maximum absolute atomic E-state index is 13.9. The molecule has 3 heterocycles. The number of hydrogen-bond acceptors (Lipinski definition) is 6. The molecule has 0 unspecified atom stereocenters. The van der Waals surface area contributed by atoms with Crippen molar-refractivity contribution in [1.82, 2.24) is 9.97 Å². The van der Waals surface area contributed by atoms with Gasteiger partial charge >= 0.3 is 0 Å². The second-order valence-electron chi connectivity index (χ2n) is 7.96. The average molecular weight is 451 g/mol. The number of hydrogen-bond donors (Lipinski definition) is 2. The smallest absolute Gasteiger partial charge is 0.259 e. The summed E-state index contributed by atoms with van der Waals surface area (Å²) in [7, 11) is -4.03. The second-order valence-corrected chi connectivity index (χ2v) is 9.47. The van der Waals surface area contributed by atoms with Gasteiger partial charge in [-0.05, 0) is 37.5 Å². The van der Waals surface area contributed by atoms with Crippen LogP contribution in [0.2, 0.25) is 0 Å². The lowest BCUT2D eigenvalue weighted by Crippen LogP contribution is -2.29. The van der Waals surface area contributed by atoms with Gasteiger partial charge in [0.1, 0.15) is 5.82 Å². The fourth-order valence-corrected chi connectivity index (χ4v) is 4.10. The van der Waals surface area contributed by atoms with Crippen molar-refractivity contribution in [2.45, 2.75) is 49.0 Å². The van der Waals surface area contributed by atoms with Crippen molar-refractivity contribution in [2.24, 2.45) is 5.14 Å². The number of nitrogens with two attached hydrogens (primary N) is 1. The molecule has 2 aliphatic rings. The molecule has 31 heavy (non-hydrogen) atoms. The van der Waals surface area contributed by atoms with Gasteiger partial charge in [-0.15, -0.1) is 0 Å². The molecule has 1 saturated carbocycles. The SMILES string of the molecule is NS(=O)(=O)c1cc(NC(=O)c2ccc(C3CC3)nc2N2CCCC(F)(F)CC2)ccn1. The molecule has 2 aromatic heterocycles. The molecule has 0 bridgehead atoms. The van der Waals surface area contributed by atoms with E-state index in [2.05, 4.69) is 15.3 Å². The largest absolute Gasteiger partial charge is 0.356 e. The fourth-order valence-electron chi connectivity index (χ4n) is 3.60. The van der Waals surface area contributed by atoms with Gasteiger partial charge in [-0.1, -0.05) is 0 Å². The lowest BCUT2D eigenvalue weighted by molar-refractivity contribution is -0.0102. The molecule has 0 radical (unpaired) electrons. The van der Waals surface area contributed by atoms with Crippen LogP contribution in [-0.2, 0) is 10.0 Å². The second kappa shape index (κ2) is 8.12. The van der Waals surface area contributed by atoms with Gasteiger partial charge in [0.05, 0.1) is 5.56 Å². The van der Waals surface area contributed by atoms with E-state index in [4.69, 9.17) is 5.14 Å². The Morgan fingerprint density at radius 3 is 2.68 bits per heavy atom. The highest BCUT2D eigenvalue weighted by Gasteiger charge is 2.34. The summed E-state index contributed by atoms with van der Waals surface area (Å²) in [5.74, 6) is -2.54. The molecule has 2 aromatic rings. The van der Waals surface area contributed by atoms with Gasteiger partial charge in [0.25, 0.3) is 15.9 Å². The van der Waals surface area contributed by atoms with Gasteiger partial charge in [-0.3, -0.25) is 4.79 Å². The van der Waals surface area contributed by atoms with Gasteiger partial charge in [0, 0.05) is 55.5 Å². The molecule has 0 atom stereocenters. The number of anilines is 2. The first-order valence-corrected chi connectivity index (χ1v) is 11.6. The summed E-state index contributed by atoms with van der Waals surface area (Å²) in [4.78, 5) is 23.1. The van der Waals surface area contributed by atoms with Crippen LogP contribution in [0.3, 0.4) is 0 Å². The highest BCUT2D eigenvalue weighted by molar-refractivity contribution is 7.89. The average Bonchev–Trinajstić information content (AvgIpc) is 3.55. The Morgan fingerprint density at radius 1 is 1.19 bits per heavy atom. The van der Waals surface area contributed by atoms with Crippen molar-refractivity contribution in [3.8, 4) is 0 Å². The van der Waals surface area contributed by atoms with Crippen LogP contribution in [0.25, 0.3) is 0 Å². The monoisotopic (exact) mass is 451 g/mol. The van der Waals surface area contributed by atoms with Crippen molar-refractivity contribution in [3.05, 3.63) is 41.7 Å². The summed E-state index contributed by atoms with van der Waals surface area (Å²) in [6.07, 6.45) is 3.06. The van der Waals surface area contributed by atoms with E-state index < -0.39 is 21.9 Å². The zero-order valence-corrected chi connectivity index (χ0v) is 17.5. The maximum atomic E-state index is 13.9. The van der Waals surface area contributed by atoms with Crippen LogP contribution in [0.1, 0.15) is 54.1 Å². The normalized spacial score (nSPS) is 19.0. The Bertz CT molecular complexity index is 1110. The van der Waals surface area contributed by atoms with Crippen molar-refractivity contribution in [2.75, 3.05) is 23.3 Å². The van der Waals surface area contributed by atoms with Crippen LogP contribution < -0.4 is 15.4 Å². The number of pyridine rings is 2. The lowest BCUT2D eigenvalue weighted by Gasteiger charge is -2.24. The third-order valence-electron chi connectivity index (χ3n) is 5.44. The number of alkyl halides is 2. The molecule has 1 saturated heterocycles. The van der Waals surface area contributed by atoms with Crippen molar-refractivity contribution < 1.29 is 22.0 Å². The summed E-state index contributed by atoms with van der Waals surface area (Å²) in [6, 6.07) is 6.02. The number of sulfonamides is 1. The van der Waals surface area contributed by atoms with Gasteiger partial charge < -0.3 is 10.2 Å². The van der Waals surface area contributed by atoms with E-state index in [-0.39, 0.29) is 35.7 Å². The summed E-state index contributed by atoms with van der Waals surface area (Å²) in [5, 5.41) is 7.36. The van der Waals surface area contributed by atoms with Crippen LogP contribution in [0.15, 0.2) is 35.5 Å². The van der Waals surface area contributed by atoms with Crippen molar-refractivity contribution >= 4 is 27.4 Å². The number of nitrogens with one attached hydrogen (secondary N) is 1. The quantitative estimate of drug-likeness (QED) is 0.722. The number of nitrogens with zero attached hydrogens (tertiary/aromatic N) is 3. The first-order chi connectivity index (χ1) is 14.6. The highest BCUT2D eigenvalue weighted by atomic mass is 32.2. The summed E-state index contributed by atoms with van der Waals surface area (Å²) in [6.45, 7) is 0.473. The number of primary sulfonamides is 1. The molecule has 4 rings (SSSR count). The predicted octanol–water partition coefficient (Wildman–Crippen LogP) is 2.88. The van der Waals surface area contributed by atoms with Crippen LogP contribution >= 0.6 is 0 Å². The molecular weight excluding hydrogens is 428 g/mol. The van der Waals surface area contributed by atoms with E-state index in [1.54, 1.807) is 17.0 Å². The van der Waals surface area contributed by atoms with Gasteiger partial charge in [0.2, 0.25) is 5.92 Å². The number of rotatable bonds is 5. The number of aromatic nitrogens is 2. The Morgan fingerprint density at radius 2 is 1.97 bits per heavy atom. The Kier molecular flexibility index (Phi) is 5.65. The molecular formula is C20H23F2N5O3S. The summed E-state index contributed by atoms with van der Waals surface area (Å²) >= 11 is 0. The minimum Gasteiger partial charge on any atom is -0.356 e. The van der Waals surface area contributed by atoms with Crippen LogP contribution in [0.4, 0.5) is 20.3 Å². The maximum Gasteiger partial charge on any atom is 0.259 e. The Hall–Kier alpha value is -2.66. The van der Waals surface area contributed by atoms with Crippen LogP contribution in [-0.4, -0.2) is 43.3 Å². The molecule has 3 N–H and O–H groups in total. The zero-order chi connectivity index (χ0) is 22.2. The van der Waals surface area contributed by atoms with E-state index in [0.29, 0.717) is 24.7 Å². The third-order valence-corrected chi connectivity index (χ3v) is 6.24. The summed E-state index contributed by atoms with van der Waals surface area (Å²) in [5.41, 5.74) is 1.29. The number of carbonyl (C=O) groups excluding carboxylic acids is 1. The molecule has 1 aliphatic heterocycles. The van der Waals surface area contributed by atoms with Crippen molar-refractivity contribution in [1.29, 1.82) is 0 Å². The van der Waals surface area contributed by atoms with Gasteiger partial charge in [-0.25, -0.2) is 32.3 Å². The highest BCUT2D eigenvalue weighted by Crippen LogP contribution is 2.40. The van der Waals surface area contributed by atoms with E-state index >= 15 is 0 Å². The third kappa shape index (κ3) is 5.16. The van der Waals surface area contributed by atoms with Gasteiger partial charge in [-0.2, -0.15) is 0 Å². The Balaban J connectivity index is 1.63. The van der Waals surface area contributed by atoms with E-state index in [0.717, 1.165) is 24.6 Å². The first kappa shape index (κ1) is 21.6.